The quantitative estimate of drug-likeness (QED) is 0.852. The second kappa shape index (κ2) is 4.69. The summed E-state index contributed by atoms with van der Waals surface area (Å²) in [6, 6.07) is 2.63. The number of hydrogen-bond acceptors (Lipinski definition) is 4. The van der Waals surface area contributed by atoms with Gasteiger partial charge in [0.25, 0.3) is 0 Å². The Morgan fingerprint density at radius 1 is 1.44 bits per heavy atom. The van der Waals surface area contributed by atoms with Crippen LogP contribution >= 0.6 is 0 Å². The minimum absolute atomic E-state index is 0.0407. The van der Waals surface area contributed by atoms with Crippen molar-refractivity contribution in [1.82, 2.24) is 0 Å². The molecule has 0 unspecified atom stereocenters. The molecule has 90 valence electrons. The highest BCUT2D eigenvalue weighted by molar-refractivity contribution is 7.90. The minimum atomic E-state index is -3.23. The van der Waals surface area contributed by atoms with E-state index < -0.39 is 15.8 Å². The Morgan fingerprint density at radius 3 is 2.50 bits per heavy atom. The van der Waals surface area contributed by atoms with Gasteiger partial charge in [0.1, 0.15) is 11.5 Å². The van der Waals surface area contributed by atoms with Crippen LogP contribution in [0, 0.1) is 5.92 Å². The molecule has 1 N–H and O–H groups in total. The van der Waals surface area contributed by atoms with Crippen molar-refractivity contribution in [2.24, 2.45) is 5.92 Å². The zero-order valence-electron chi connectivity index (χ0n) is 9.13. The smallest absolute Gasteiger partial charge is 0.371 e. The van der Waals surface area contributed by atoms with Gasteiger partial charge < -0.3 is 9.52 Å². The maximum Gasteiger partial charge on any atom is 0.371 e. The average Bonchev–Trinajstić information content (AvgIpc) is 2.48. The Hall–Kier alpha value is -1.30. The first-order valence-corrected chi connectivity index (χ1v) is 6.65. The van der Waals surface area contributed by atoms with Gasteiger partial charge in [-0.05, 0) is 18.1 Å². The summed E-state index contributed by atoms with van der Waals surface area (Å²) < 4.78 is 28.0. The molecule has 16 heavy (non-hydrogen) atoms. The van der Waals surface area contributed by atoms with Crippen molar-refractivity contribution in [1.29, 1.82) is 0 Å². The van der Waals surface area contributed by atoms with E-state index in [0.29, 0.717) is 0 Å². The number of sulfone groups is 1. The lowest BCUT2D eigenvalue weighted by atomic mass is 10.3. The van der Waals surface area contributed by atoms with E-state index in [1.807, 2.05) is 13.8 Å². The van der Waals surface area contributed by atoms with E-state index in [0.717, 1.165) is 0 Å². The molecule has 0 amide bonds. The molecule has 0 aliphatic heterocycles. The zero-order chi connectivity index (χ0) is 12.3. The van der Waals surface area contributed by atoms with Gasteiger partial charge in [-0.2, -0.15) is 0 Å². The summed E-state index contributed by atoms with van der Waals surface area (Å²) in [5.74, 6) is -1.42. The van der Waals surface area contributed by atoms with Gasteiger partial charge in [-0.1, -0.05) is 13.8 Å². The largest absolute Gasteiger partial charge is 0.475 e. The van der Waals surface area contributed by atoms with E-state index in [1.54, 1.807) is 0 Å². The van der Waals surface area contributed by atoms with E-state index in [2.05, 4.69) is 0 Å². The Labute approximate surface area is 94.0 Å². The standard InChI is InChI=1S/C10H14O5S/c1-7(2)5-16(13,14)6-8-3-4-9(15-8)10(11)12/h3-4,7H,5-6H2,1-2H3,(H,11,12). The lowest BCUT2D eigenvalue weighted by Gasteiger charge is -2.04. The van der Waals surface area contributed by atoms with Crippen LogP contribution in [0.25, 0.3) is 0 Å². The third-order valence-corrected chi connectivity index (χ3v) is 3.72. The van der Waals surface area contributed by atoms with Crippen molar-refractivity contribution in [2.75, 3.05) is 5.75 Å². The van der Waals surface area contributed by atoms with Crippen molar-refractivity contribution in [3.8, 4) is 0 Å². The summed E-state index contributed by atoms with van der Waals surface area (Å²) in [7, 11) is -3.23. The van der Waals surface area contributed by atoms with Gasteiger partial charge in [-0.15, -0.1) is 0 Å². The van der Waals surface area contributed by atoms with Gasteiger partial charge in [0.05, 0.1) is 5.75 Å². The molecule has 1 aromatic rings. The van der Waals surface area contributed by atoms with Gasteiger partial charge >= 0.3 is 5.97 Å². The van der Waals surface area contributed by atoms with Crippen LogP contribution < -0.4 is 0 Å². The molecule has 0 fully saturated rings. The Kier molecular flexibility index (Phi) is 3.74. The number of carboxylic acid groups (broad SMARTS) is 1. The third-order valence-electron chi connectivity index (χ3n) is 1.82. The normalized spacial score (nSPS) is 11.9. The molecule has 0 saturated carbocycles. The Bertz CT molecular complexity index is 469. The van der Waals surface area contributed by atoms with Crippen LogP contribution in [0.3, 0.4) is 0 Å². The molecule has 1 rings (SSSR count). The van der Waals surface area contributed by atoms with Crippen molar-refractivity contribution in [3.63, 3.8) is 0 Å². The maximum absolute atomic E-state index is 11.6. The van der Waals surface area contributed by atoms with Crippen LogP contribution in [0.4, 0.5) is 0 Å². The molecule has 0 atom stereocenters. The Balaban J connectivity index is 2.77. The van der Waals surface area contributed by atoms with E-state index >= 15 is 0 Å². The van der Waals surface area contributed by atoms with E-state index in [4.69, 9.17) is 9.52 Å². The lowest BCUT2D eigenvalue weighted by Crippen LogP contribution is -2.13. The fourth-order valence-corrected chi connectivity index (χ4v) is 3.08. The first-order valence-electron chi connectivity index (χ1n) is 4.82. The summed E-state index contributed by atoms with van der Waals surface area (Å²) in [6.07, 6.45) is 0. The van der Waals surface area contributed by atoms with Crippen LogP contribution in [0.5, 0.6) is 0 Å². The van der Waals surface area contributed by atoms with Gasteiger partial charge in [0.2, 0.25) is 5.76 Å². The lowest BCUT2D eigenvalue weighted by molar-refractivity contribution is 0.0660. The van der Waals surface area contributed by atoms with Gasteiger partial charge in [-0.25, -0.2) is 13.2 Å². The number of aromatic carboxylic acids is 1. The highest BCUT2D eigenvalue weighted by Gasteiger charge is 2.17. The molecule has 5 nitrogen and oxygen atoms in total. The number of carboxylic acids is 1. The summed E-state index contributed by atoms with van der Waals surface area (Å²) in [5.41, 5.74) is 0. The van der Waals surface area contributed by atoms with Crippen molar-refractivity contribution in [3.05, 3.63) is 23.7 Å². The minimum Gasteiger partial charge on any atom is -0.475 e. The highest BCUT2D eigenvalue weighted by atomic mass is 32.2. The molecule has 0 radical (unpaired) electrons. The molecule has 0 saturated heterocycles. The molecule has 1 aromatic heterocycles. The number of carbonyl (C=O) groups is 1. The van der Waals surface area contributed by atoms with Crippen LogP contribution in [-0.4, -0.2) is 25.2 Å². The molecule has 6 heteroatoms. The molecule has 0 aliphatic rings. The number of hydrogen-bond donors (Lipinski definition) is 1. The van der Waals surface area contributed by atoms with Crippen LogP contribution in [0.2, 0.25) is 0 Å². The van der Waals surface area contributed by atoms with Gasteiger partial charge in [0.15, 0.2) is 9.84 Å². The molecule has 1 heterocycles. The monoisotopic (exact) mass is 246 g/mol. The summed E-state index contributed by atoms with van der Waals surface area (Å²) in [6.45, 7) is 3.62. The van der Waals surface area contributed by atoms with Gasteiger partial charge in [-0.3, -0.25) is 0 Å². The summed E-state index contributed by atoms with van der Waals surface area (Å²) >= 11 is 0. The average molecular weight is 246 g/mol. The first kappa shape index (κ1) is 12.8. The number of furan rings is 1. The van der Waals surface area contributed by atoms with E-state index in [-0.39, 0.29) is 28.9 Å². The summed E-state index contributed by atoms with van der Waals surface area (Å²) in [4.78, 5) is 10.5. The summed E-state index contributed by atoms with van der Waals surface area (Å²) in [5, 5.41) is 8.60. The molecular formula is C10H14O5S. The third kappa shape index (κ3) is 3.69. The zero-order valence-corrected chi connectivity index (χ0v) is 9.95. The fourth-order valence-electron chi connectivity index (χ4n) is 1.35. The Morgan fingerprint density at radius 2 is 2.06 bits per heavy atom. The molecule has 0 spiro atoms. The second-order valence-corrected chi connectivity index (χ2v) is 6.13. The SMILES string of the molecule is CC(C)CS(=O)(=O)Cc1ccc(C(=O)O)o1. The topological polar surface area (TPSA) is 84.6 Å². The van der Waals surface area contributed by atoms with Crippen LogP contribution in [-0.2, 0) is 15.6 Å². The maximum atomic E-state index is 11.6. The van der Waals surface area contributed by atoms with E-state index in [9.17, 15) is 13.2 Å². The van der Waals surface area contributed by atoms with E-state index in [1.165, 1.54) is 12.1 Å². The number of rotatable bonds is 5. The van der Waals surface area contributed by atoms with Crippen molar-refractivity contribution in [2.45, 2.75) is 19.6 Å². The fraction of sp³-hybridized carbons (Fsp3) is 0.500. The molecule has 0 bridgehead atoms. The van der Waals surface area contributed by atoms with Crippen LogP contribution in [0.15, 0.2) is 16.5 Å². The molecular weight excluding hydrogens is 232 g/mol. The second-order valence-electron chi connectivity index (χ2n) is 4.02. The molecule has 0 aliphatic carbocycles. The molecule has 0 aromatic carbocycles. The van der Waals surface area contributed by atoms with Crippen molar-refractivity contribution < 1.29 is 22.7 Å². The predicted molar refractivity (Wildman–Crippen MR) is 58.0 cm³/mol. The first-order chi connectivity index (χ1) is 7.30. The van der Waals surface area contributed by atoms with Crippen molar-refractivity contribution >= 4 is 15.8 Å². The van der Waals surface area contributed by atoms with Gasteiger partial charge in [0, 0.05) is 0 Å². The highest BCUT2D eigenvalue weighted by Crippen LogP contribution is 2.13. The predicted octanol–water partition coefficient (Wildman–Crippen LogP) is 1.55. The van der Waals surface area contributed by atoms with Crippen LogP contribution in [0.1, 0.15) is 30.2 Å².